The van der Waals surface area contributed by atoms with Crippen LogP contribution in [-0.4, -0.2) is 4.40 Å². The van der Waals surface area contributed by atoms with Crippen LogP contribution in [0.25, 0.3) is 69.3 Å². The molecule has 0 spiro atoms. The van der Waals surface area contributed by atoms with Crippen LogP contribution in [0.15, 0.2) is 91.0 Å². The topological polar surface area (TPSA) is 56.5 Å². The van der Waals surface area contributed by atoms with Gasteiger partial charge in [-0.2, -0.15) is 0 Å². The minimum absolute atomic E-state index is 0.622. The molecular formula is C30H19N3S. The summed E-state index contributed by atoms with van der Waals surface area (Å²) in [4.78, 5) is 0. The molecule has 8 aromatic rings. The molecule has 0 aliphatic carbocycles. The molecular weight excluding hydrogens is 434 g/mol. The summed E-state index contributed by atoms with van der Waals surface area (Å²) in [7, 11) is 0. The maximum Gasteiger partial charge on any atom is 0.132 e. The van der Waals surface area contributed by atoms with Crippen molar-refractivity contribution in [2.75, 3.05) is 11.5 Å². The van der Waals surface area contributed by atoms with Gasteiger partial charge in [0.15, 0.2) is 0 Å². The number of thiophene rings is 1. The Morgan fingerprint density at radius 1 is 0.618 bits per heavy atom. The summed E-state index contributed by atoms with van der Waals surface area (Å²) >= 11 is 1.85. The van der Waals surface area contributed by atoms with Gasteiger partial charge in [0, 0.05) is 36.3 Å². The van der Waals surface area contributed by atoms with E-state index in [4.69, 9.17) is 11.5 Å². The van der Waals surface area contributed by atoms with Crippen molar-refractivity contribution in [2.24, 2.45) is 0 Å². The van der Waals surface area contributed by atoms with Crippen LogP contribution in [0.4, 0.5) is 11.5 Å². The molecule has 5 aromatic carbocycles. The van der Waals surface area contributed by atoms with Gasteiger partial charge in [-0.25, -0.2) is 0 Å². The standard InChI is InChI=1S/C30H19N3S/c31-28-21-10-4-9-20-26-23(33(29(20)21)30(28)32)12-14-25-27(26)22-15-17(11-13-24(22)34-25)19-8-3-6-16-5-1-2-7-18(16)19/h1-15H,31-32H2. The lowest BCUT2D eigenvalue weighted by atomic mass is 9.96. The van der Waals surface area contributed by atoms with Crippen molar-refractivity contribution < 1.29 is 0 Å². The summed E-state index contributed by atoms with van der Waals surface area (Å²) < 4.78 is 4.72. The van der Waals surface area contributed by atoms with Crippen LogP contribution in [0, 0.1) is 0 Å². The van der Waals surface area contributed by atoms with Gasteiger partial charge in [0.25, 0.3) is 0 Å². The molecule has 0 fully saturated rings. The molecule has 0 atom stereocenters. The summed E-state index contributed by atoms with van der Waals surface area (Å²) in [6.45, 7) is 0. The highest BCUT2D eigenvalue weighted by molar-refractivity contribution is 7.26. The molecule has 160 valence electrons. The normalized spacial score (nSPS) is 12.4. The second kappa shape index (κ2) is 6.19. The summed E-state index contributed by atoms with van der Waals surface area (Å²) in [5.41, 5.74) is 18.3. The zero-order valence-electron chi connectivity index (χ0n) is 18.2. The first-order chi connectivity index (χ1) is 16.7. The Balaban J connectivity index is 1.54. The molecule has 34 heavy (non-hydrogen) atoms. The molecule has 8 rings (SSSR count). The van der Waals surface area contributed by atoms with E-state index in [9.17, 15) is 0 Å². The van der Waals surface area contributed by atoms with Crippen LogP contribution in [0.3, 0.4) is 0 Å². The average Bonchev–Trinajstić information content (AvgIpc) is 3.50. The fraction of sp³-hybridized carbons (Fsp3) is 0. The number of fused-ring (bicyclic) bond motifs is 8. The van der Waals surface area contributed by atoms with Crippen LogP contribution < -0.4 is 11.5 Å². The Kier molecular flexibility index (Phi) is 3.31. The number of rotatable bonds is 1. The van der Waals surface area contributed by atoms with Crippen molar-refractivity contribution in [3.05, 3.63) is 91.0 Å². The number of nitrogen functional groups attached to an aromatic ring is 2. The van der Waals surface area contributed by atoms with Gasteiger partial charge in [0.1, 0.15) is 5.82 Å². The molecule has 4 heteroatoms. The fourth-order valence-corrected chi connectivity index (χ4v) is 6.89. The smallest absolute Gasteiger partial charge is 0.132 e. The van der Waals surface area contributed by atoms with E-state index in [1.807, 2.05) is 11.3 Å². The number of para-hydroxylation sites is 1. The second-order valence-electron chi connectivity index (χ2n) is 9.01. The molecule has 3 aromatic heterocycles. The molecule has 3 heterocycles. The van der Waals surface area contributed by atoms with Gasteiger partial charge in [-0.3, -0.25) is 4.40 Å². The predicted molar refractivity (Wildman–Crippen MR) is 148 cm³/mol. The van der Waals surface area contributed by atoms with Crippen LogP contribution in [0.5, 0.6) is 0 Å². The molecule has 0 saturated heterocycles. The van der Waals surface area contributed by atoms with Gasteiger partial charge in [0.2, 0.25) is 0 Å². The van der Waals surface area contributed by atoms with Crippen molar-refractivity contribution in [1.82, 2.24) is 4.40 Å². The van der Waals surface area contributed by atoms with Gasteiger partial charge in [-0.05, 0) is 46.2 Å². The van der Waals surface area contributed by atoms with E-state index in [-0.39, 0.29) is 0 Å². The van der Waals surface area contributed by atoms with Crippen molar-refractivity contribution in [2.45, 2.75) is 0 Å². The van der Waals surface area contributed by atoms with Crippen molar-refractivity contribution in [1.29, 1.82) is 0 Å². The van der Waals surface area contributed by atoms with E-state index in [0.717, 1.165) is 16.4 Å². The van der Waals surface area contributed by atoms with Crippen molar-refractivity contribution in [3.8, 4) is 11.1 Å². The first-order valence-electron chi connectivity index (χ1n) is 11.4. The molecule has 0 unspecified atom stereocenters. The average molecular weight is 454 g/mol. The van der Waals surface area contributed by atoms with E-state index in [2.05, 4.69) is 95.4 Å². The van der Waals surface area contributed by atoms with E-state index in [1.165, 1.54) is 52.8 Å². The van der Waals surface area contributed by atoms with Crippen LogP contribution in [0.1, 0.15) is 0 Å². The molecule has 3 nitrogen and oxygen atoms in total. The maximum absolute atomic E-state index is 6.50. The largest absolute Gasteiger partial charge is 0.395 e. The molecule has 0 saturated carbocycles. The summed E-state index contributed by atoms with van der Waals surface area (Å²) in [5, 5.41) is 8.61. The summed E-state index contributed by atoms with van der Waals surface area (Å²) in [5.74, 6) is 0.622. The number of hydrogen-bond donors (Lipinski definition) is 2. The number of nitrogens with zero attached hydrogens (tertiary/aromatic N) is 1. The highest BCUT2D eigenvalue weighted by atomic mass is 32.1. The number of hydrogen-bond acceptors (Lipinski definition) is 3. The van der Waals surface area contributed by atoms with E-state index in [1.54, 1.807) is 0 Å². The van der Waals surface area contributed by atoms with Gasteiger partial charge < -0.3 is 11.5 Å². The van der Waals surface area contributed by atoms with E-state index >= 15 is 0 Å². The lowest BCUT2D eigenvalue weighted by Gasteiger charge is -2.07. The summed E-state index contributed by atoms with van der Waals surface area (Å²) in [6, 6.07) is 32.8. The Hall–Kier alpha value is -4.28. The quantitative estimate of drug-likeness (QED) is 0.264. The number of nitrogens with two attached hydrogens (primary N) is 2. The Labute approximate surface area is 198 Å². The Bertz CT molecular complexity index is 2090. The lowest BCUT2D eigenvalue weighted by Crippen LogP contribution is -1.95. The predicted octanol–water partition coefficient (Wildman–Crippen LogP) is 8.04. The molecule has 0 bridgehead atoms. The summed E-state index contributed by atoms with van der Waals surface area (Å²) in [6.07, 6.45) is 0. The zero-order valence-corrected chi connectivity index (χ0v) is 19.0. The highest BCUT2D eigenvalue weighted by Gasteiger charge is 2.21. The van der Waals surface area contributed by atoms with Gasteiger partial charge in [-0.1, -0.05) is 66.7 Å². The third-order valence-electron chi connectivity index (χ3n) is 7.29. The fourth-order valence-electron chi connectivity index (χ4n) is 5.79. The zero-order chi connectivity index (χ0) is 22.6. The van der Waals surface area contributed by atoms with E-state index < -0.39 is 0 Å². The van der Waals surface area contributed by atoms with Gasteiger partial charge >= 0.3 is 0 Å². The SMILES string of the molecule is Nc1c(N)n2c3ccc4sc5ccc(-c6cccc7ccccc67)cc5c4c3c3cccc1c32. The minimum Gasteiger partial charge on any atom is -0.395 e. The lowest BCUT2D eigenvalue weighted by molar-refractivity contribution is 1.31. The monoisotopic (exact) mass is 453 g/mol. The molecule has 4 N–H and O–H groups in total. The van der Waals surface area contributed by atoms with Crippen LogP contribution in [0.2, 0.25) is 0 Å². The van der Waals surface area contributed by atoms with Crippen molar-refractivity contribution in [3.63, 3.8) is 0 Å². The van der Waals surface area contributed by atoms with Gasteiger partial charge in [-0.15, -0.1) is 11.3 Å². The van der Waals surface area contributed by atoms with Gasteiger partial charge in [0.05, 0.1) is 16.7 Å². The Morgan fingerprint density at radius 2 is 1.38 bits per heavy atom. The maximum atomic E-state index is 6.50. The van der Waals surface area contributed by atoms with Crippen LogP contribution in [-0.2, 0) is 0 Å². The second-order valence-corrected chi connectivity index (χ2v) is 10.1. The molecule has 0 radical (unpaired) electrons. The molecule has 0 aliphatic rings. The van der Waals surface area contributed by atoms with E-state index in [0.29, 0.717) is 11.5 Å². The highest BCUT2D eigenvalue weighted by Crippen LogP contribution is 2.47. The Morgan fingerprint density at radius 3 is 2.32 bits per heavy atom. The molecule has 0 amide bonds. The van der Waals surface area contributed by atoms with Crippen LogP contribution >= 0.6 is 11.3 Å². The first-order valence-corrected chi connectivity index (χ1v) is 12.2. The molecule has 0 aliphatic heterocycles. The third kappa shape index (κ3) is 2.12. The number of anilines is 2. The third-order valence-corrected chi connectivity index (χ3v) is 8.43. The van der Waals surface area contributed by atoms with Crippen molar-refractivity contribution >= 4 is 81.0 Å². The number of aromatic nitrogens is 1. The minimum atomic E-state index is 0.622. The first kappa shape index (κ1) is 18.2. The number of benzene rings is 5.